The molecule has 0 unspecified atom stereocenters. The first kappa shape index (κ1) is 18.9. The number of nitrogens with zero attached hydrogens (tertiary/aromatic N) is 1. The molecule has 1 fully saturated rings. The molecule has 1 aliphatic heterocycles. The minimum Gasteiger partial charge on any atom is -0.345 e. The van der Waals surface area contributed by atoms with Crippen molar-refractivity contribution in [2.24, 2.45) is 0 Å². The van der Waals surface area contributed by atoms with Crippen molar-refractivity contribution in [3.63, 3.8) is 0 Å². The lowest BCUT2D eigenvalue weighted by Crippen LogP contribution is -2.62. The zero-order valence-corrected chi connectivity index (χ0v) is 14.9. The number of amides is 2. The second kappa shape index (κ2) is 6.79. The topological polar surface area (TPSA) is 113 Å². The van der Waals surface area contributed by atoms with Crippen molar-refractivity contribution in [2.75, 3.05) is 5.32 Å². The number of benzene rings is 1. The monoisotopic (exact) mass is 348 g/mol. The SMILES string of the molecule is CC1(C)CC(NC(=O)C(=O)Nc2ccccc2[N+](=O)[O-])CC(C)(C)N1. The van der Waals surface area contributed by atoms with E-state index < -0.39 is 16.7 Å². The summed E-state index contributed by atoms with van der Waals surface area (Å²) in [5.41, 5.74) is -0.602. The molecule has 0 atom stereocenters. The van der Waals surface area contributed by atoms with Gasteiger partial charge >= 0.3 is 11.8 Å². The first-order chi connectivity index (χ1) is 11.5. The fraction of sp³-hybridized carbons (Fsp3) is 0.529. The van der Waals surface area contributed by atoms with Crippen LogP contribution in [0.15, 0.2) is 24.3 Å². The first-order valence-corrected chi connectivity index (χ1v) is 8.14. The van der Waals surface area contributed by atoms with Crippen molar-refractivity contribution in [1.29, 1.82) is 0 Å². The van der Waals surface area contributed by atoms with Crippen LogP contribution in [0, 0.1) is 10.1 Å². The average Bonchev–Trinajstić information content (AvgIpc) is 2.43. The lowest BCUT2D eigenvalue weighted by Gasteiger charge is -2.46. The van der Waals surface area contributed by atoms with Crippen LogP contribution in [0.25, 0.3) is 0 Å². The Balaban J connectivity index is 2.04. The smallest absolute Gasteiger partial charge is 0.313 e. The summed E-state index contributed by atoms with van der Waals surface area (Å²) < 4.78 is 0. The minimum atomic E-state index is -0.913. The van der Waals surface area contributed by atoms with E-state index in [1.165, 1.54) is 18.2 Å². The molecule has 3 N–H and O–H groups in total. The van der Waals surface area contributed by atoms with Gasteiger partial charge < -0.3 is 16.0 Å². The number of nitro groups is 1. The maximum absolute atomic E-state index is 12.2. The summed E-state index contributed by atoms with van der Waals surface area (Å²) in [6.45, 7) is 8.17. The van der Waals surface area contributed by atoms with Crippen molar-refractivity contribution >= 4 is 23.2 Å². The number of carbonyl (C=O) groups excluding carboxylic acids is 2. The molecule has 1 aliphatic rings. The molecule has 0 aliphatic carbocycles. The van der Waals surface area contributed by atoms with Crippen molar-refractivity contribution in [1.82, 2.24) is 10.6 Å². The highest BCUT2D eigenvalue weighted by Gasteiger charge is 2.38. The molecule has 0 bridgehead atoms. The Morgan fingerprint density at radius 2 is 1.68 bits per heavy atom. The van der Waals surface area contributed by atoms with Gasteiger partial charge in [0.25, 0.3) is 5.69 Å². The van der Waals surface area contributed by atoms with Crippen LogP contribution in [0.5, 0.6) is 0 Å². The van der Waals surface area contributed by atoms with Gasteiger partial charge in [-0.1, -0.05) is 12.1 Å². The lowest BCUT2D eigenvalue weighted by atomic mass is 9.79. The fourth-order valence-corrected chi connectivity index (χ4v) is 3.59. The minimum absolute atomic E-state index is 0.00128. The van der Waals surface area contributed by atoms with E-state index in [4.69, 9.17) is 0 Å². The number of carbonyl (C=O) groups is 2. The summed E-state index contributed by atoms with van der Waals surface area (Å²) in [7, 11) is 0. The van der Waals surface area contributed by atoms with Crippen molar-refractivity contribution < 1.29 is 14.5 Å². The molecule has 1 aromatic carbocycles. The number of nitrogens with one attached hydrogen (secondary N) is 3. The average molecular weight is 348 g/mol. The van der Waals surface area contributed by atoms with Crippen LogP contribution < -0.4 is 16.0 Å². The zero-order chi connectivity index (χ0) is 18.8. The molecule has 8 nitrogen and oxygen atoms in total. The quantitative estimate of drug-likeness (QED) is 0.439. The largest absolute Gasteiger partial charge is 0.345 e. The molecule has 25 heavy (non-hydrogen) atoms. The number of nitro benzene ring substituents is 1. The second-order valence-electron chi connectivity index (χ2n) is 7.70. The van der Waals surface area contributed by atoms with Gasteiger partial charge in [0.05, 0.1) is 4.92 Å². The number of hydrogen-bond acceptors (Lipinski definition) is 5. The highest BCUT2D eigenvalue weighted by molar-refractivity contribution is 6.39. The zero-order valence-electron chi connectivity index (χ0n) is 14.9. The van der Waals surface area contributed by atoms with Crippen LogP contribution in [-0.4, -0.2) is 33.9 Å². The molecule has 0 spiro atoms. The van der Waals surface area contributed by atoms with Gasteiger partial charge in [-0.25, -0.2) is 0 Å². The summed E-state index contributed by atoms with van der Waals surface area (Å²) >= 11 is 0. The van der Waals surface area contributed by atoms with E-state index in [-0.39, 0.29) is 28.5 Å². The molecule has 136 valence electrons. The molecular weight excluding hydrogens is 324 g/mol. The van der Waals surface area contributed by atoms with Gasteiger partial charge in [-0.05, 0) is 46.6 Å². The van der Waals surface area contributed by atoms with E-state index in [1.54, 1.807) is 6.07 Å². The summed E-state index contributed by atoms with van der Waals surface area (Å²) in [5.74, 6) is -1.71. The Hall–Kier alpha value is -2.48. The van der Waals surface area contributed by atoms with Gasteiger partial charge in [-0.2, -0.15) is 0 Å². The number of anilines is 1. The third-order valence-electron chi connectivity index (χ3n) is 4.08. The Bertz CT molecular complexity index is 684. The Kier molecular flexibility index (Phi) is 5.12. The first-order valence-electron chi connectivity index (χ1n) is 8.14. The molecule has 0 radical (unpaired) electrons. The Labute approximate surface area is 146 Å². The van der Waals surface area contributed by atoms with Gasteiger partial charge in [0, 0.05) is 23.2 Å². The van der Waals surface area contributed by atoms with E-state index in [0.717, 1.165) is 0 Å². The van der Waals surface area contributed by atoms with E-state index in [2.05, 4.69) is 16.0 Å². The maximum Gasteiger partial charge on any atom is 0.313 e. The predicted molar refractivity (Wildman–Crippen MR) is 94.2 cm³/mol. The van der Waals surface area contributed by atoms with E-state index in [1.807, 2.05) is 27.7 Å². The van der Waals surface area contributed by atoms with E-state index >= 15 is 0 Å². The molecule has 8 heteroatoms. The molecule has 1 heterocycles. The molecule has 0 saturated carbocycles. The van der Waals surface area contributed by atoms with Crippen LogP contribution >= 0.6 is 0 Å². The van der Waals surface area contributed by atoms with E-state index in [0.29, 0.717) is 12.8 Å². The van der Waals surface area contributed by atoms with Crippen molar-refractivity contribution in [2.45, 2.75) is 57.7 Å². The van der Waals surface area contributed by atoms with Crippen LogP contribution in [0.3, 0.4) is 0 Å². The summed E-state index contributed by atoms with van der Waals surface area (Å²) in [6, 6.07) is 5.55. The Morgan fingerprint density at radius 1 is 1.12 bits per heavy atom. The number of para-hydroxylation sites is 2. The lowest BCUT2D eigenvalue weighted by molar-refractivity contribution is -0.383. The number of piperidine rings is 1. The maximum atomic E-state index is 12.2. The molecule has 0 aromatic heterocycles. The van der Waals surface area contributed by atoms with Crippen LogP contribution in [-0.2, 0) is 9.59 Å². The second-order valence-corrected chi connectivity index (χ2v) is 7.70. The molecule has 1 saturated heterocycles. The normalized spacial score (nSPS) is 19.0. The Morgan fingerprint density at radius 3 is 2.24 bits per heavy atom. The predicted octanol–water partition coefficient (Wildman–Crippen LogP) is 1.96. The van der Waals surface area contributed by atoms with Crippen molar-refractivity contribution in [3.05, 3.63) is 34.4 Å². The summed E-state index contributed by atoms with van der Waals surface area (Å²) in [4.78, 5) is 34.7. The van der Waals surface area contributed by atoms with Gasteiger partial charge in [-0.15, -0.1) is 0 Å². The molecular formula is C17H24N4O4. The van der Waals surface area contributed by atoms with E-state index in [9.17, 15) is 19.7 Å². The highest BCUT2D eigenvalue weighted by atomic mass is 16.6. The van der Waals surface area contributed by atoms with Crippen molar-refractivity contribution in [3.8, 4) is 0 Å². The standard InChI is InChI=1S/C17H24N4O4/c1-16(2)9-11(10-17(3,4)20-16)18-14(22)15(23)19-12-7-5-6-8-13(12)21(24)25/h5-8,11,20H,9-10H2,1-4H3,(H,18,22)(H,19,23). The summed E-state index contributed by atoms with van der Waals surface area (Å²) in [6.07, 6.45) is 1.36. The van der Waals surface area contributed by atoms with Gasteiger partial charge in [0.15, 0.2) is 0 Å². The molecule has 2 amide bonds. The van der Waals surface area contributed by atoms with Gasteiger partial charge in [0.1, 0.15) is 5.69 Å². The molecule has 2 rings (SSSR count). The third-order valence-corrected chi connectivity index (χ3v) is 4.08. The van der Waals surface area contributed by atoms with Crippen LogP contribution in [0.4, 0.5) is 11.4 Å². The summed E-state index contributed by atoms with van der Waals surface area (Å²) in [5, 5.41) is 19.5. The number of rotatable bonds is 3. The molecule has 1 aromatic rings. The van der Waals surface area contributed by atoms with Crippen LogP contribution in [0.1, 0.15) is 40.5 Å². The number of hydrogen-bond donors (Lipinski definition) is 3. The third kappa shape index (κ3) is 4.99. The fourth-order valence-electron chi connectivity index (χ4n) is 3.59. The van der Waals surface area contributed by atoms with Gasteiger partial charge in [-0.3, -0.25) is 19.7 Å². The van der Waals surface area contributed by atoms with Gasteiger partial charge in [0.2, 0.25) is 0 Å². The highest BCUT2D eigenvalue weighted by Crippen LogP contribution is 2.28. The van der Waals surface area contributed by atoms with Crippen LogP contribution in [0.2, 0.25) is 0 Å².